The molecule has 1 spiro atoms. The molecule has 2 unspecified atom stereocenters. The van der Waals surface area contributed by atoms with Crippen LogP contribution in [0.4, 0.5) is 11.4 Å². The number of alkyl halides is 1. The summed E-state index contributed by atoms with van der Waals surface area (Å²) in [6.07, 6.45) is 0. The molecule has 0 aliphatic carbocycles. The van der Waals surface area contributed by atoms with Crippen molar-refractivity contribution < 1.29 is 21.5 Å². The van der Waals surface area contributed by atoms with Crippen molar-refractivity contribution in [2.45, 2.75) is 11.0 Å². The minimum atomic E-state index is 0.372. The second-order valence-electron chi connectivity index (χ2n) is 4.08. The molecule has 3 heteroatoms. The normalized spacial score (nSPS) is 35.0. The van der Waals surface area contributed by atoms with Crippen LogP contribution < -0.4 is 29.1 Å². The predicted octanol–water partition coefficient (Wildman–Crippen LogP) is -1.19. The van der Waals surface area contributed by atoms with E-state index in [2.05, 4.69) is 43.1 Å². The van der Waals surface area contributed by atoms with Gasteiger partial charge in [0.2, 0.25) is 0 Å². The molecule has 3 rings (SSSR count). The van der Waals surface area contributed by atoms with Crippen molar-refractivity contribution in [2.75, 3.05) is 25.0 Å². The third-order valence-corrected chi connectivity index (χ3v) is 7.31. The molecule has 1 aromatic rings. The average molecular weight is 302 g/mol. The van der Waals surface area contributed by atoms with Crippen LogP contribution in [-0.2, 0) is 0 Å². The van der Waals surface area contributed by atoms with E-state index in [1.807, 2.05) is 0 Å². The summed E-state index contributed by atoms with van der Waals surface area (Å²) < 4.78 is 2.29. The van der Waals surface area contributed by atoms with Gasteiger partial charge in [-0.2, -0.15) is 0 Å². The van der Waals surface area contributed by atoms with Crippen LogP contribution in [0.3, 0.4) is 0 Å². The molecule has 2 aliphatic rings. The van der Waals surface area contributed by atoms with Gasteiger partial charge in [-0.1, -0.05) is 0 Å². The number of rotatable bonds is 0. The molecule has 76 valence electrons. The Morgan fingerprint density at radius 2 is 2.14 bits per heavy atom. The van der Waals surface area contributed by atoms with Gasteiger partial charge in [-0.15, -0.1) is 0 Å². The van der Waals surface area contributed by atoms with Crippen LogP contribution in [0.1, 0.15) is 6.92 Å². The molecular formula is C11H15IN2. The van der Waals surface area contributed by atoms with E-state index < -0.39 is 0 Å². The first-order chi connectivity index (χ1) is 6.74. The van der Waals surface area contributed by atoms with Gasteiger partial charge < -0.3 is 0 Å². The number of likely N-dealkylation sites (N-methyl/N-ethyl adjacent to an activating group) is 1. The van der Waals surface area contributed by atoms with Crippen LogP contribution in [0.15, 0.2) is 24.3 Å². The maximum atomic E-state index is 2.41. The van der Waals surface area contributed by atoms with Crippen LogP contribution in [0.2, 0.25) is 0 Å². The van der Waals surface area contributed by atoms with Crippen LogP contribution in [0, 0.1) is 0 Å². The predicted molar refractivity (Wildman–Crippen MR) is 55.8 cm³/mol. The summed E-state index contributed by atoms with van der Waals surface area (Å²) in [5.41, 5.74) is 3.05. The number of hydrogen-bond donors (Lipinski definition) is 0. The van der Waals surface area contributed by atoms with Gasteiger partial charge in [0.1, 0.15) is 0 Å². The van der Waals surface area contributed by atoms with E-state index >= 15 is 0 Å². The van der Waals surface area contributed by atoms with Gasteiger partial charge in [0, 0.05) is 0 Å². The molecule has 0 bridgehead atoms. The summed E-state index contributed by atoms with van der Waals surface area (Å²) in [6, 6.07) is 8.94. The number of quaternary nitrogens is 1. The molecule has 2 heterocycles. The van der Waals surface area contributed by atoms with Crippen LogP contribution >= 0.6 is 0 Å². The van der Waals surface area contributed by atoms with Gasteiger partial charge in [0.25, 0.3) is 0 Å². The van der Waals surface area contributed by atoms with Crippen molar-refractivity contribution >= 4 is 11.4 Å². The van der Waals surface area contributed by atoms with E-state index in [9.17, 15) is 0 Å². The fourth-order valence-corrected chi connectivity index (χ4v) is 5.41. The first kappa shape index (κ1) is 8.97. The second-order valence-corrected chi connectivity index (χ2v) is 8.16. The zero-order valence-electron chi connectivity index (χ0n) is 8.57. The third-order valence-electron chi connectivity index (χ3n) is 3.29. The van der Waals surface area contributed by atoms with E-state index in [0.717, 1.165) is 4.05 Å². The molecule has 2 aliphatic heterocycles. The number of halogens is 1. The number of fused-ring (bicyclic) bond motifs is 2. The number of benzene rings is 1. The summed E-state index contributed by atoms with van der Waals surface area (Å²) in [7, 11) is 2.21. The van der Waals surface area contributed by atoms with Crippen molar-refractivity contribution in [1.29, 1.82) is 0 Å². The van der Waals surface area contributed by atoms with Gasteiger partial charge >= 0.3 is 95.8 Å². The standard InChI is InChI=1S/C11H15IN2/c1-9-12-14(9)8-7-13(2)10-5-3-4-6-11(10)14/h3-6,9H,7-8H2,1-2H3. The Morgan fingerprint density at radius 3 is 2.86 bits per heavy atom. The van der Waals surface area contributed by atoms with Gasteiger partial charge in [0.15, 0.2) is 0 Å². The number of para-hydroxylation sites is 2. The Balaban J connectivity index is 2.14. The molecule has 14 heavy (non-hydrogen) atoms. The zero-order chi connectivity index (χ0) is 9.76. The number of anilines is 1. The van der Waals surface area contributed by atoms with Gasteiger partial charge in [-0.3, -0.25) is 0 Å². The first-order valence-electron chi connectivity index (χ1n) is 5.08. The van der Waals surface area contributed by atoms with Gasteiger partial charge in [-0.05, 0) is 0 Å². The minimum absolute atomic E-state index is 0.372. The van der Waals surface area contributed by atoms with Gasteiger partial charge in [0.05, 0.1) is 0 Å². The summed E-state index contributed by atoms with van der Waals surface area (Å²) in [5.74, 6) is 0. The number of hydrogen-bond acceptors (Lipinski definition) is 1. The fourth-order valence-electron chi connectivity index (χ4n) is 2.34. The van der Waals surface area contributed by atoms with E-state index in [1.165, 1.54) is 21.5 Å². The molecule has 1 fully saturated rings. The molecular weight excluding hydrogens is 287 g/mol. The monoisotopic (exact) mass is 302 g/mol. The Labute approximate surface area is 95.7 Å². The molecule has 1 saturated heterocycles. The van der Waals surface area contributed by atoms with Gasteiger partial charge in [-0.25, -0.2) is 0 Å². The van der Waals surface area contributed by atoms with E-state index in [-0.39, 0.29) is 0 Å². The van der Waals surface area contributed by atoms with Crippen molar-refractivity contribution in [3.63, 3.8) is 0 Å². The summed E-state index contributed by atoms with van der Waals surface area (Å²) in [4.78, 5) is 2.40. The molecule has 2 atom stereocenters. The van der Waals surface area contributed by atoms with Crippen molar-refractivity contribution in [2.24, 2.45) is 0 Å². The molecule has 0 radical (unpaired) electrons. The molecule has 0 amide bonds. The van der Waals surface area contributed by atoms with Crippen LogP contribution in [-0.4, -0.2) is 24.2 Å². The molecule has 0 aromatic heterocycles. The van der Waals surface area contributed by atoms with Crippen molar-refractivity contribution in [3.8, 4) is 0 Å². The molecule has 2 nitrogen and oxygen atoms in total. The summed E-state index contributed by atoms with van der Waals surface area (Å²) in [6.45, 7) is 4.97. The average Bonchev–Trinajstić information content (AvgIpc) is 2.86. The fraction of sp³-hybridized carbons (Fsp3) is 0.455. The van der Waals surface area contributed by atoms with E-state index in [0.29, 0.717) is 21.5 Å². The zero-order valence-corrected chi connectivity index (χ0v) is 10.7. The Morgan fingerprint density at radius 1 is 1.43 bits per heavy atom. The maximum absolute atomic E-state index is 2.41. The summed E-state index contributed by atoms with van der Waals surface area (Å²) in [5, 5.41) is 0. The number of nitrogens with zero attached hydrogens (tertiary/aromatic N) is 2. The van der Waals surface area contributed by atoms with Crippen LogP contribution in [0.25, 0.3) is 0 Å². The molecule has 0 saturated carbocycles. The topological polar surface area (TPSA) is 3.24 Å². The van der Waals surface area contributed by atoms with Crippen molar-refractivity contribution in [3.05, 3.63) is 24.3 Å². The summed E-state index contributed by atoms with van der Waals surface area (Å²) >= 11 is 0.372. The first-order valence-corrected chi connectivity index (χ1v) is 7.29. The van der Waals surface area contributed by atoms with E-state index in [4.69, 9.17) is 0 Å². The SMILES string of the molecule is CC1[I-][N+]12CCN(C)c1ccccc12. The van der Waals surface area contributed by atoms with Crippen molar-refractivity contribution in [1.82, 2.24) is 2.70 Å². The molecule has 1 aromatic carbocycles. The Kier molecular flexibility index (Phi) is 1.83. The second kappa shape index (κ2) is 2.85. The molecule has 0 N–H and O–H groups in total. The third kappa shape index (κ3) is 1.05. The van der Waals surface area contributed by atoms with Crippen LogP contribution in [0.5, 0.6) is 0 Å². The Hall–Kier alpha value is -0.290. The van der Waals surface area contributed by atoms with E-state index in [1.54, 1.807) is 5.69 Å². The quantitative estimate of drug-likeness (QED) is 0.191. The Bertz CT molecular complexity index is 379.